The van der Waals surface area contributed by atoms with Crippen molar-refractivity contribution in [3.05, 3.63) is 23.8 Å². The molecular formula is C20H28O7. The van der Waals surface area contributed by atoms with Crippen LogP contribution in [0, 0.1) is 5.92 Å². The third kappa shape index (κ3) is 3.68. The second-order valence-electron chi connectivity index (χ2n) is 8.35. The van der Waals surface area contributed by atoms with Gasteiger partial charge >= 0.3 is 11.9 Å². The smallest absolute Gasteiger partial charge is 0.334 e. The topological polar surface area (TPSA) is 106 Å². The minimum Gasteiger partial charge on any atom is -0.458 e. The molecule has 3 aliphatic rings. The SMILES string of the molecule is C=C1C(=O)OC2CC(C)(O)C(O)CC3OC3(C)CC(OC(=O)C(C)=CC)C12. The van der Waals surface area contributed by atoms with Crippen LogP contribution in [0.15, 0.2) is 23.8 Å². The van der Waals surface area contributed by atoms with E-state index < -0.39 is 47.4 Å². The summed E-state index contributed by atoms with van der Waals surface area (Å²) in [5.74, 6) is -1.65. The highest BCUT2D eigenvalue weighted by Crippen LogP contribution is 2.49. The third-order valence-electron chi connectivity index (χ3n) is 6.15. The average molecular weight is 380 g/mol. The van der Waals surface area contributed by atoms with Crippen LogP contribution in [0.4, 0.5) is 0 Å². The van der Waals surface area contributed by atoms with E-state index in [4.69, 9.17) is 14.2 Å². The Kier molecular flexibility index (Phi) is 4.99. The molecule has 7 heteroatoms. The summed E-state index contributed by atoms with van der Waals surface area (Å²) in [5.41, 5.74) is -1.42. The summed E-state index contributed by atoms with van der Waals surface area (Å²) in [6.07, 6.45) is -0.424. The summed E-state index contributed by atoms with van der Waals surface area (Å²) in [7, 11) is 0. The van der Waals surface area contributed by atoms with Gasteiger partial charge in [-0.25, -0.2) is 9.59 Å². The van der Waals surface area contributed by atoms with Crippen molar-refractivity contribution in [3.63, 3.8) is 0 Å². The Hall–Kier alpha value is -1.70. The number of aliphatic hydroxyl groups excluding tert-OH is 1. The molecule has 0 amide bonds. The second-order valence-corrected chi connectivity index (χ2v) is 8.35. The summed E-state index contributed by atoms with van der Waals surface area (Å²) in [6.45, 7) is 10.6. The lowest BCUT2D eigenvalue weighted by molar-refractivity contribution is -0.153. The van der Waals surface area contributed by atoms with E-state index in [0.717, 1.165) is 0 Å². The van der Waals surface area contributed by atoms with Crippen molar-refractivity contribution in [3.8, 4) is 0 Å². The number of hydrogen-bond donors (Lipinski definition) is 2. The molecule has 2 N–H and O–H groups in total. The summed E-state index contributed by atoms with van der Waals surface area (Å²) in [4.78, 5) is 24.6. The summed E-state index contributed by atoms with van der Waals surface area (Å²) in [5, 5.41) is 21.2. The number of fused-ring (bicyclic) bond motifs is 2. The molecule has 0 aromatic heterocycles. The van der Waals surface area contributed by atoms with E-state index in [9.17, 15) is 19.8 Å². The maximum Gasteiger partial charge on any atom is 0.334 e. The molecule has 1 saturated carbocycles. The Balaban J connectivity index is 1.96. The average Bonchev–Trinajstić information content (AvgIpc) is 3.11. The second kappa shape index (κ2) is 6.72. The van der Waals surface area contributed by atoms with Gasteiger partial charge in [-0.05, 0) is 27.7 Å². The van der Waals surface area contributed by atoms with E-state index in [1.807, 2.05) is 6.92 Å². The predicted molar refractivity (Wildman–Crippen MR) is 95.6 cm³/mol. The summed E-state index contributed by atoms with van der Waals surface area (Å²) >= 11 is 0. The van der Waals surface area contributed by atoms with Gasteiger partial charge in [0.1, 0.15) is 12.2 Å². The van der Waals surface area contributed by atoms with Crippen molar-refractivity contribution in [1.82, 2.24) is 0 Å². The molecule has 150 valence electrons. The normalized spacial score (nSPS) is 44.8. The Morgan fingerprint density at radius 2 is 2.04 bits per heavy atom. The van der Waals surface area contributed by atoms with E-state index in [1.165, 1.54) is 6.92 Å². The van der Waals surface area contributed by atoms with Gasteiger partial charge in [-0.2, -0.15) is 0 Å². The minimum atomic E-state index is -1.48. The molecule has 7 unspecified atom stereocenters. The van der Waals surface area contributed by atoms with Gasteiger partial charge in [0.15, 0.2) is 0 Å². The number of rotatable bonds is 2. The highest BCUT2D eigenvalue weighted by molar-refractivity contribution is 5.91. The number of carbonyl (C=O) groups excluding carboxylic acids is 2. The molecule has 1 aliphatic carbocycles. The molecule has 0 radical (unpaired) electrons. The highest BCUT2D eigenvalue weighted by atomic mass is 16.6. The molecule has 0 spiro atoms. The Bertz CT molecular complexity index is 694. The first-order chi connectivity index (χ1) is 12.5. The monoisotopic (exact) mass is 380 g/mol. The number of carbonyl (C=O) groups is 2. The van der Waals surface area contributed by atoms with Crippen molar-refractivity contribution >= 4 is 11.9 Å². The van der Waals surface area contributed by atoms with Crippen LogP contribution in [0.1, 0.15) is 47.0 Å². The number of allylic oxidation sites excluding steroid dienone is 1. The van der Waals surface area contributed by atoms with Gasteiger partial charge in [-0.3, -0.25) is 0 Å². The Labute approximate surface area is 159 Å². The van der Waals surface area contributed by atoms with Crippen molar-refractivity contribution in [2.24, 2.45) is 5.92 Å². The first kappa shape index (κ1) is 20.0. The molecule has 3 rings (SSSR count). The molecule has 0 aromatic carbocycles. The van der Waals surface area contributed by atoms with Crippen molar-refractivity contribution in [2.45, 2.75) is 82.6 Å². The number of hydrogen-bond acceptors (Lipinski definition) is 7. The third-order valence-corrected chi connectivity index (χ3v) is 6.15. The summed E-state index contributed by atoms with van der Waals surface area (Å²) in [6, 6.07) is 0. The number of epoxide rings is 1. The van der Waals surface area contributed by atoms with Crippen molar-refractivity contribution in [1.29, 1.82) is 0 Å². The molecule has 0 aromatic rings. The van der Waals surface area contributed by atoms with Gasteiger partial charge in [0.05, 0.1) is 29.3 Å². The van der Waals surface area contributed by atoms with Crippen LogP contribution in [-0.2, 0) is 23.8 Å². The molecule has 27 heavy (non-hydrogen) atoms. The number of ether oxygens (including phenoxy) is 3. The van der Waals surface area contributed by atoms with Crippen LogP contribution in [0.3, 0.4) is 0 Å². The fourth-order valence-corrected chi connectivity index (χ4v) is 4.04. The maximum absolute atomic E-state index is 12.4. The van der Waals surface area contributed by atoms with Gasteiger partial charge < -0.3 is 24.4 Å². The largest absolute Gasteiger partial charge is 0.458 e. The highest BCUT2D eigenvalue weighted by Gasteiger charge is 2.60. The van der Waals surface area contributed by atoms with Gasteiger partial charge in [0.2, 0.25) is 0 Å². The molecular weight excluding hydrogens is 352 g/mol. The van der Waals surface area contributed by atoms with Crippen molar-refractivity contribution in [2.75, 3.05) is 0 Å². The summed E-state index contributed by atoms with van der Waals surface area (Å²) < 4.78 is 16.9. The van der Waals surface area contributed by atoms with Crippen LogP contribution in [-0.4, -0.2) is 57.8 Å². The first-order valence-corrected chi connectivity index (χ1v) is 9.30. The quantitative estimate of drug-likeness (QED) is 0.424. The Morgan fingerprint density at radius 3 is 2.67 bits per heavy atom. The lowest BCUT2D eigenvalue weighted by atomic mass is 9.77. The molecule has 0 bridgehead atoms. The van der Waals surface area contributed by atoms with Gasteiger partial charge in [-0.15, -0.1) is 0 Å². The number of aliphatic hydroxyl groups is 2. The molecule has 7 nitrogen and oxygen atoms in total. The van der Waals surface area contributed by atoms with Crippen LogP contribution in [0.25, 0.3) is 0 Å². The number of esters is 2. The molecule has 2 saturated heterocycles. The minimum absolute atomic E-state index is 0.0175. The van der Waals surface area contributed by atoms with Crippen LogP contribution in [0.2, 0.25) is 0 Å². The predicted octanol–water partition coefficient (Wildman–Crippen LogP) is 1.42. The van der Waals surface area contributed by atoms with E-state index in [2.05, 4.69) is 6.58 Å². The fraction of sp³-hybridized carbons (Fsp3) is 0.700. The van der Waals surface area contributed by atoms with E-state index in [-0.39, 0.29) is 24.5 Å². The van der Waals surface area contributed by atoms with E-state index in [0.29, 0.717) is 12.0 Å². The van der Waals surface area contributed by atoms with Crippen LogP contribution >= 0.6 is 0 Å². The maximum atomic E-state index is 12.4. The molecule has 3 fully saturated rings. The zero-order chi connectivity index (χ0) is 20.1. The molecule has 7 atom stereocenters. The Morgan fingerprint density at radius 1 is 1.37 bits per heavy atom. The van der Waals surface area contributed by atoms with Crippen molar-refractivity contribution < 1.29 is 34.0 Å². The molecule has 2 heterocycles. The standard InChI is InChI=1S/C20H28O7/c1-6-10(2)17(22)25-13-9-20(5)15(27-20)7-14(21)19(4,24)8-12-16(13)11(3)18(23)26-12/h6,12-16,21,24H,3,7-9H2,1-2,4-5H3. The lowest BCUT2D eigenvalue weighted by Gasteiger charge is -2.36. The zero-order valence-corrected chi connectivity index (χ0v) is 16.2. The first-order valence-electron chi connectivity index (χ1n) is 9.30. The fourth-order valence-electron chi connectivity index (χ4n) is 4.04. The van der Waals surface area contributed by atoms with Gasteiger partial charge in [0.25, 0.3) is 0 Å². The zero-order valence-electron chi connectivity index (χ0n) is 16.2. The van der Waals surface area contributed by atoms with E-state index >= 15 is 0 Å². The van der Waals surface area contributed by atoms with Gasteiger partial charge in [0, 0.05) is 30.4 Å². The lowest BCUT2D eigenvalue weighted by Crippen LogP contribution is -2.47. The van der Waals surface area contributed by atoms with Crippen LogP contribution in [0.5, 0.6) is 0 Å². The molecule has 2 aliphatic heterocycles. The van der Waals surface area contributed by atoms with E-state index in [1.54, 1.807) is 19.9 Å². The van der Waals surface area contributed by atoms with Crippen LogP contribution < -0.4 is 0 Å². The van der Waals surface area contributed by atoms with Gasteiger partial charge in [-0.1, -0.05) is 12.7 Å².